The third-order valence-electron chi connectivity index (χ3n) is 2.65. The fraction of sp³-hybridized carbons (Fsp3) is 0.727. The van der Waals surface area contributed by atoms with Crippen molar-refractivity contribution in [2.24, 2.45) is 0 Å². The predicted octanol–water partition coefficient (Wildman–Crippen LogP) is 0.610. The van der Waals surface area contributed by atoms with Gasteiger partial charge in [-0.15, -0.1) is 0 Å². The number of hydrogen-bond acceptors (Lipinski definition) is 2. The van der Waals surface area contributed by atoms with Gasteiger partial charge in [-0.25, -0.2) is 0 Å². The molecular formula is C11H18N2O. The van der Waals surface area contributed by atoms with Crippen LogP contribution in [0.1, 0.15) is 26.2 Å². The summed E-state index contributed by atoms with van der Waals surface area (Å²) in [6.45, 7) is 3.76. The summed E-state index contributed by atoms with van der Waals surface area (Å²) in [5, 5.41) is 3.33. The highest BCUT2D eigenvalue weighted by molar-refractivity contribution is 5.93. The number of carbonyl (C=O) groups is 1. The van der Waals surface area contributed by atoms with Gasteiger partial charge in [0.15, 0.2) is 0 Å². The molecule has 0 aromatic carbocycles. The molecule has 3 heteroatoms. The molecule has 1 unspecified atom stereocenters. The molecule has 1 fully saturated rings. The quantitative estimate of drug-likeness (QED) is 0.620. The van der Waals surface area contributed by atoms with Gasteiger partial charge in [0.1, 0.15) is 0 Å². The Bertz CT molecular complexity index is 244. The number of amides is 1. The maximum atomic E-state index is 11.5. The lowest BCUT2D eigenvalue weighted by Crippen LogP contribution is -2.36. The van der Waals surface area contributed by atoms with Crippen molar-refractivity contribution in [1.29, 1.82) is 0 Å². The van der Waals surface area contributed by atoms with E-state index in [9.17, 15) is 4.79 Å². The van der Waals surface area contributed by atoms with Crippen LogP contribution < -0.4 is 5.32 Å². The van der Waals surface area contributed by atoms with Crippen molar-refractivity contribution in [3.05, 3.63) is 0 Å². The molecule has 0 aromatic heterocycles. The van der Waals surface area contributed by atoms with Crippen molar-refractivity contribution < 1.29 is 4.79 Å². The molecule has 1 amide bonds. The average molecular weight is 194 g/mol. The second kappa shape index (κ2) is 5.66. The zero-order valence-electron chi connectivity index (χ0n) is 8.97. The molecule has 1 rings (SSSR count). The summed E-state index contributed by atoms with van der Waals surface area (Å²) in [7, 11) is 1.85. The largest absolute Gasteiger partial charge is 0.332 e. The molecule has 0 aromatic rings. The van der Waals surface area contributed by atoms with Crippen LogP contribution in [0.15, 0.2) is 0 Å². The molecule has 78 valence electrons. The fourth-order valence-electron chi connectivity index (χ4n) is 1.75. The Labute approximate surface area is 85.9 Å². The molecule has 1 aliphatic rings. The molecule has 0 aliphatic carbocycles. The predicted molar refractivity (Wildman–Crippen MR) is 56.7 cm³/mol. The molecule has 1 heterocycles. The molecule has 3 nitrogen and oxygen atoms in total. The molecule has 0 bridgehead atoms. The first-order valence-electron chi connectivity index (χ1n) is 5.16. The number of carbonyl (C=O) groups excluding carboxylic acids is 1. The first-order valence-corrected chi connectivity index (χ1v) is 5.16. The zero-order chi connectivity index (χ0) is 10.4. The number of rotatable bonds is 1. The summed E-state index contributed by atoms with van der Waals surface area (Å²) in [6, 6.07) is 0.360. The summed E-state index contributed by atoms with van der Waals surface area (Å²) < 4.78 is 0. The van der Waals surface area contributed by atoms with E-state index in [1.165, 1.54) is 0 Å². The Hall–Kier alpha value is -1.01. The second-order valence-electron chi connectivity index (χ2n) is 3.63. The Morgan fingerprint density at radius 2 is 2.21 bits per heavy atom. The molecule has 0 radical (unpaired) electrons. The van der Waals surface area contributed by atoms with Gasteiger partial charge in [-0.1, -0.05) is 5.92 Å². The number of nitrogens with zero attached hydrogens (tertiary/aromatic N) is 1. The van der Waals surface area contributed by atoms with Gasteiger partial charge in [0.05, 0.1) is 0 Å². The van der Waals surface area contributed by atoms with Crippen LogP contribution in [0, 0.1) is 11.8 Å². The standard InChI is InChI=1S/C11H18N2O/c1-3-5-11(14)13(2)10-6-4-8-12-9-7-10/h10,12H,4,6-9H2,1-2H3. The van der Waals surface area contributed by atoms with Crippen LogP contribution in [0.5, 0.6) is 0 Å². The molecular weight excluding hydrogens is 176 g/mol. The van der Waals surface area contributed by atoms with Gasteiger partial charge in [-0.3, -0.25) is 4.79 Å². The highest BCUT2D eigenvalue weighted by Gasteiger charge is 2.19. The minimum Gasteiger partial charge on any atom is -0.332 e. The van der Waals surface area contributed by atoms with E-state index >= 15 is 0 Å². The Morgan fingerprint density at radius 3 is 2.93 bits per heavy atom. The Balaban J connectivity index is 2.51. The lowest BCUT2D eigenvalue weighted by molar-refractivity contribution is -0.126. The maximum Gasteiger partial charge on any atom is 0.298 e. The Morgan fingerprint density at radius 1 is 1.43 bits per heavy atom. The average Bonchev–Trinajstić information content (AvgIpc) is 2.45. The van der Waals surface area contributed by atoms with E-state index in [0.717, 1.165) is 32.4 Å². The second-order valence-corrected chi connectivity index (χ2v) is 3.63. The molecule has 0 spiro atoms. The van der Waals surface area contributed by atoms with Gasteiger partial charge < -0.3 is 10.2 Å². The van der Waals surface area contributed by atoms with E-state index in [0.29, 0.717) is 6.04 Å². The van der Waals surface area contributed by atoms with Crippen molar-refractivity contribution >= 4 is 5.91 Å². The topological polar surface area (TPSA) is 32.3 Å². The monoisotopic (exact) mass is 194 g/mol. The maximum absolute atomic E-state index is 11.5. The van der Waals surface area contributed by atoms with E-state index in [1.807, 2.05) is 7.05 Å². The van der Waals surface area contributed by atoms with E-state index in [-0.39, 0.29) is 5.91 Å². The van der Waals surface area contributed by atoms with Crippen molar-refractivity contribution in [3.63, 3.8) is 0 Å². The highest BCUT2D eigenvalue weighted by atomic mass is 16.2. The SMILES string of the molecule is CC#CC(=O)N(C)C1CCCNCC1. The van der Waals surface area contributed by atoms with Gasteiger partial charge in [0.2, 0.25) is 0 Å². The van der Waals surface area contributed by atoms with E-state index in [4.69, 9.17) is 0 Å². The molecule has 1 atom stereocenters. The smallest absolute Gasteiger partial charge is 0.298 e. The van der Waals surface area contributed by atoms with Gasteiger partial charge in [0, 0.05) is 13.1 Å². The van der Waals surface area contributed by atoms with Gasteiger partial charge in [-0.05, 0) is 45.2 Å². The minimum absolute atomic E-state index is 0.0561. The Kier molecular flexibility index (Phi) is 4.48. The van der Waals surface area contributed by atoms with E-state index in [2.05, 4.69) is 17.2 Å². The van der Waals surface area contributed by atoms with Crippen LogP contribution in [-0.2, 0) is 4.79 Å². The molecule has 0 saturated carbocycles. The molecule has 1 N–H and O–H groups in total. The summed E-state index contributed by atoms with van der Waals surface area (Å²) in [5.41, 5.74) is 0. The van der Waals surface area contributed by atoms with Crippen LogP contribution in [-0.4, -0.2) is 37.0 Å². The third-order valence-corrected chi connectivity index (χ3v) is 2.65. The van der Waals surface area contributed by atoms with Crippen molar-refractivity contribution in [3.8, 4) is 11.8 Å². The molecule has 1 aliphatic heterocycles. The summed E-state index contributed by atoms with van der Waals surface area (Å²) in [5.74, 6) is 5.17. The molecule has 14 heavy (non-hydrogen) atoms. The fourth-order valence-corrected chi connectivity index (χ4v) is 1.75. The van der Waals surface area contributed by atoms with Gasteiger partial charge in [0.25, 0.3) is 5.91 Å². The van der Waals surface area contributed by atoms with Gasteiger partial charge in [-0.2, -0.15) is 0 Å². The number of hydrogen-bond donors (Lipinski definition) is 1. The third kappa shape index (κ3) is 3.04. The molecule has 1 saturated heterocycles. The van der Waals surface area contributed by atoms with Crippen LogP contribution in [0.2, 0.25) is 0 Å². The van der Waals surface area contributed by atoms with Crippen LogP contribution in [0.25, 0.3) is 0 Å². The summed E-state index contributed by atoms with van der Waals surface area (Å²) >= 11 is 0. The normalized spacial score (nSPS) is 21.7. The first kappa shape index (κ1) is 11.1. The van der Waals surface area contributed by atoms with Crippen LogP contribution in [0.3, 0.4) is 0 Å². The van der Waals surface area contributed by atoms with Crippen molar-refractivity contribution in [2.45, 2.75) is 32.2 Å². The summed E-state index contributed by atoms with van der Waals surface area (Å²) in [4.78, 5) is 13.3. The van der Waals surface area contributed by atoms with E-state index < -0.39 is 0 Å². The summed E-state index contributed by atoms with van der Waals surface area (Å²) in [6.07, 6.45) is 3.26. The highest BCUT2D eigenvalue weighted by Crippen LogP contribution is 2.11. The lowest BCUT2D eigenvalue weighted by atomic mass is 10.1. The van der Waals surface area contributed by atoms with Crippen molar-refractivity contribution in [2.75, 3.05) is 20.1 Å². The van der Waals surface area contributed by atoms with Gasteiger partial charge >= 0.3 is 0 Å². The van der Waals surface area contributed by atoms with Crippen LogP contribution >= 0.6 is 0 Å². The number of nitrogens with one attached hydrogen (secondary N) is 1. The zero-order valence-corrected chi connectivity index (χ0v) is 8.97. The first-order chi connectivity index (χ1) is 6.75. The van der Waals surface area contributed by atoms with E-state index in [1.54, 1.807) is 11.8 Å². The minimum atomic E-state index is -0.0561. The lowest BCUT2D eigenvalue weighted by Gasteiger charge is -2.24. The van der Waals surface area contributed by atoms with Crippen molar-refractivity contribution in [1.82, 2.24) is 10.2 Å². The van der Waals surface area contributed by atoms with Crippen LogP contribution in [0.4, 0.5) is 0 Å².